The summed E-state index contributed by atoms with van der Waals surface area (Å²) in [5.74, 6) is 0.455. The number of hydrogen-bond acceptors (Lipinski definition) is 5. The van der Waals surface area contributed by atoms with Crippen LogP contribution in [0.3, 0.4) is 0 Å². The van der Waals surface area contributed by atoms with Crippen molar-refractivity contribution >= 4 is 40.5 Å². The Morgan fingerprint density at radius 3 is 2.65 bits per heavy atom. The van der Waals surface area contributed by atoms with Crippen molar-refractivity contribution in [3.63, 3.8) is 0 Å². The summed E-state index contributed by atoms with van der Waals surface area (Å²) >= 11 is 11.9. The first-order valence-electron chi connectivity index (χ1n) is 10.6. The number of halogens is 2. The largest absolute Gasteiger partial charge is 0.465 e. The first kappa shape index (κ1) is 22.4. The molecule has 2 aliphatic rings. The van der Waals surface area contributed by atoms with Crippen LogP contribution in [0.25, 0.3) is 0 Å². The van der Waals surface area contributed by atoms with Crippen LogP contribution in [0.15, 0.2) is 72.1 Å². The third kappa shape index (κ3) is 3.91. The maximum absolute atomic E-state index is 14.6. The van der Waals surface area contributed by atoms with Gasteiger partial charge in [-0.1, -0.05) is 42.0 Å². The quantitative estimate of drug-likeness (QED) is 0.364. The molecule has 2 heterocycles. The molecular weight excluding hydrogens is 475 g/mol. The molecule has 0 fully saturated rings. The SMILES string of the molecule is COC(=O)c1ccc([C@@H]2NC(=S)C3=C(Oc4ccc(Cl)cc4C3)N2c2ccc(C)c(F)c2)cc1. The fourth-order valence-electron chi connectivity index (χ4n) is 4.13. The number of carbonyl (C=O) groups is 1. The molecule has 0 aliphatic carbocycles. The van der Waals surface area contributed by atoms with Crippen LogP contribution in [0.1, 0.15) is 33.2 Å². The molecule has 2 aliphatic heterocycles. The molecule has 0 aromatic heterocycles. The minimum absolute atomic E-state index is 0.324. The molecule has 0 radical (unpaired) electrons. The van der Waals surface area contributed by atoms with Crippen molar-refractivity contribution < 1.29 is 18.7 Å². The third-order valence-corrected chi connectivity index (χ3v) is 6.55. The van der Waals surface area contributed by atoms with E-state index in [1.54, 1.807) is 31.2 Å². The van der Waals surface area contributed by atoms with Gasteiger partial charge in [-0.3, -0.25) is 4.90 Å². The molecular formula is C26H20ClFN2O3S. The van der Waals surface area contributed by atoms with Crippen molar-refractivity contribution in [1.82, 2.24) is 5.32 Å². The number of rotatable bonds is 3. The number of nitrogens with one attached hydrogen (secondary N) is 1. The lowest BCUT2D eigenvalue weighted by Crippen LogP contribution is -2.49. The zero-order valence-electron chi connectivity index (χ0n) is 18.4. The van der Waals surface area contributed by atoms with Crippen LogP contribution in [0.2, 0.25) is 5.02 Å². The molecule has 1 N–H and O–H groups in total. The van der Waals surface area contributed by atoms with Gasteiger partial charge in [-0.05, 0) is 60.5 Å². The molecule has 0 saturated carbocycles. The van der Waals surface area contributed by atoms with Crippen molar-refractivity contribution in [2.24, 2.45) is 0 Å². The first-order valence-corrected chi connectivity index (χ1v) is 11.4. The summed E-state index contributed by atoms with van der Waals surface area (Å²) in [6.07, 6.45) is 0.0320. The molecule has 0 unspecified atom stereocenters. The molecule has 3 aromatic carbocycles. The number of anilines is 1. The molecule has 1 atom stereocenters. The van der Waals surface area contributed by atoms with Gasteiger partial charge in [0, 0.05) is 22.7 Å². The van der Waals surface area contributed by atoms with Gasteiger partial charge < -0.3 is 14.8 Å². The van der Waals surface area contributed by atoms with Crippen LogP contribution in [0.4, 0.5) is 10.1 Å². The summed E-state index contributed by atoms with van der Waals surface area (Å²) < 4.78 is 25.8. The maximum Gasteiger partial charge on any atom is 0.337 e. The molecule has 8 heteroatoms. The summed E-state index contributed by atoms with van der Waals surface area (Å²) in [5.41, 5.74) is 4.09. The Kier molecular flexibility index (Phi) is 5.75. The number of aryl methyl sites for hydroxylation is 1. The van der Waals surface area contributed by atoms with E-state index in [1.807, 2.05) is 35.2 Å². The number of thiocarbonyl (C=S) groups is 1. The minimum Gasteiger partial charge on any atom is -0.465 e. The van der Waals surface area contributed by atoms with E-state index in [1.165, 1.54) is 13.2 Å². The van der Waals surface area contributed by atoms with Gasteiger partial charge in [0.05, 0.1) is 18.2 Å². The van der Waals surface area contributed by atoms with Gasteiger partial charge in [0.2, 0.25) is 5.88 Å². The Labute approximate surface area is 206 Å². The van der Waals surface area contributed by atoms with Crippen LogP contribution < -0.4 is 15.0 Å². The Morgan fingerprint density at radius 2 is 1.94 bits per heavy atom. The van der Waals surface area contributed by atoms with Crippen LogP contribution in [0.5, 0.6) is 5.75 Å². The normalized spacial score (nSPS) is 16.9. The number of fused-ring (bicyclic) bond motifs is 1. The van der Waals surface area contributed by atoms with Crippen LogP contribution in [-0.2, 0) is 11.2 Å². The zero-order chi connectivity index (χ0) is 24.0. The molecule has 5 rings (SSSR count). The van der Waals surface area contributed by atoms with Crippen LogP contribution in [-0.4, -0.2) is 18.1 Å². The van der Waals surface area contributed by atoms with Gasteiger partial charge in [-0.25, -0.2) is 9.18 Å². The van der Waals surface area contributed by atoms with E-state index in [-0.39, 0.29) is 5.82 Å². The monoisotopic (exact) mass is 494 g/mol. The molecule has 0 saturated heterocycles. The lowest BCUT2D eigenvalue weighted by atomic mass is 9.98. The standard InChI is InChI=1S/C26H20ClFN2O3S/c1-14-3-9-19(13-21(14)28)30-23(15-4-6-16(7-5-15)26(31)32-2)29-24(34)20-12-17-11-18(27)8-10-22(17)33-25(20)30/h3-11,13,23H,12H2,1-2H3,(H,29,34)/t23-/m1/s1. The molecule has 5 nitrogen and oxygen atoms in total. The number of carbonyl (C=O) groups excluding carboxylic acids is 1. The van der Waals surface area contributed by atoms with Crippen molar-refractivity contribution in [2.75, 3.05) is 12.0 Å². The molecule has 34 heavy (non-hydrogen) atoms. The van der Waals surface area contributed by atoms with Crippen LogP contribution >= 0.6 is 23.8 Å². The highest BCUT2D eigenvalue weighted by molar-refractivity contribution is 7.80. The number of hydrogen-bond donors (Lipinski definition) is 1. The van der Waals surface area contributed by atoms with Crippen molar-refractivity contribution in [2.45, 2.75) is 19.5 Å². The summed E-state index contributed by atoms with van der Waals surface area (Å²) in [4.78, 5) is 14.3. The summed E-state index contributed by atoms with van der Waals surface area (Å²) in [6.45, 7) is 1.72. The second kappa shape index (κ2) is 8.74. The molecule has 0 bridgehead atoms. The lowest BCUT2D eigenvalue weighted by Gasteiger charge is -2.42. The van der Waals surface area contributed by atoms with Crippen molar-refractivity contribution in [3.8, 4) is 5.75 Å². The number of nitrogens with zero attached hydrogens (tertiary/aromatic N) is 1. The van der Waals surface area contributed by atoms with Gasteiger partial charge >= 0.3 is 5.97 Å². The van der Waals surface area contributed by atoms with E-state index in [0.29, 0.717) is 44.9 Å². The van der Waals surface area contributed by atoms with E-state index in [4.69, 9.17) is 33.3 Å². The van der Waals surface area contributed by atoms with Crippen LogP contribution in [0, 0.1) is 12.7 Å². The molecule has 0 spiro atoms. The van der Waals surface area contributed by atoms with Gasteiger partial charge in [0.1, 0.15) is 22.7 Å². The molecule has 3 aromatic rings. The van der Waals surface area contributed by atoms with Gasteiger partial charge in [0.25, 0.3) is 0 Å². The van der Waals surface area contributed by atoms with E-state index in [9.17, 15) is 9.18 Å². The van der Waals surface area contributed by atoms with Gasteiger partial charge in [0.15, 0.2) is 0 Å². The Bertz CT molecular complexity index is 1360. The van der Waals surface area contributed by atoms with E-state index in [2.05, 4.69) is 5.32 Å². The Balaban J connectivity index is 1.63. The number of methoxy groups -OCH3 is 1. The highest BCUT2D eigenvalue weighted by Crippen LogP contribution is 2.41. The lowest BCUT2D eigenvalue weighted by molar-refractivity contribution is 0.0600. The second-order valence-electron chi connectivity index (χ2n) is 8.11. The average molecular weight is 495 g/mol. The third-order valence-electron chi connectivity index (χ3n) is 5.95. The molecule has 172 valence electrons. The predicted octanol–water partition coefficient (Wildman–Crippen LogP) is 5.86. The molecule has 0 amide bonds. The highest BCUT2D eigenvalue weighted by atomic mass is 35.5. The number of benzene rings is 3. The first-order chi connectivity index (χ1) is 16.4. The number of esters is 1. The van der Waals surface area contributed by atoms with E-state index >= 15 is 0 Å². The van der Waals surface area contributed by atoms with E-state index in [0.717, 1.165) is 16.7 Å². The zero-order valence-corrected chi connectivity index (χ0v) is 20.0. The highest BCUT2D eigenvalue weighted by Gasteiger charge is 2.38. The fraction of sp³-hybridized carbons (Fsp3) is 0.154. The second-order valence-corrected chi connectivity index (χ2v) is 8.95. The van der Waals surface area contributed by atoms with Gasteiger partial charge in [-0.15, -0.1) is 0 Å². The summed E-state index contributed by atoms with van der Waals surface area (Å²) in [7, 11) is 1.34. The summed E-state index contributed by atoms with van der Waals surface area (Å²) in [5, 5.41) is 3.98. The Hall–Kier alpha value is -3.42. The smallest absolute Gasteiger partial charge is 0.337 e. The maximum atomic E-state index is 14.6. The summed E-state index contributed by atoms with van der Waals surface area (Å²) in [6, 6.07) is 17.5. The van der Waals surface area contributed by atoms with E-state index < -0.39 is 12.1 Å². The number of ether oxygens (including phenoxy) is 2. The Morgan fingerprint density at radius 1 is 1.18 bits per heavy atom. The van der Waals surface area contributed by atoms with Crippen molar-refractivity contribution in [1.29, 1.82) is 0 Å². The van der Waals surface area contributed by atoms with Crippen molar-refractivity contribution in [3.05, 3.63) is 105 Å². The predicted molar refractivity (Wildman–Crippen MR) is 133 cm³/mol. The fourth-order valence-corrected chi connectivity index (χ4v) is 4.60. The minimum atomic E-state index is -0.492. The average Bonchev–Trinajstić information content (AvgIpc) is 2.84. The topological polar surface area (TPSA) is 50.8 Å². The van der Waals surface area contributed by atoms with Gasteiger partial charge in [-0.2, -0.15) is 0 Å².